The molecule has 1 aromatic carbocycles. The van der Waals surface area contributed by atoms with E-state index >= 15 is 0 Å². The maximum absolute atomic E-state index is 12.2. The van der Waals surface area contributed by atoms with Crippen molar-refractivity contribution in [3.8, 4) is 5.75 Å². The Kier molecular flexibility index (Phi) is 6.02. The number of carbonyl (C=O) groups is 2. The van der Waals surface area contributed by atoms with E-state index in [1.807, 2.05) is 0 Å². The van der Waals surface area contributed by atoms with Gasteiger partial charge in [0.15, 0.2) is 0 Å². The standard InChI is InChI=1S/C18H25NO4/c1-12(2)11-23-16-9-5-13(6-10-16)17(20)19-15-7-3-14(4-8-15)18(21)22/h5-6,9-10,12,14-15H,3-4,7-8,11H2,1-2H3,(H,19,20)(H,21,22). The van der Waals surface area contributed by atoms with Gasteiger partial charge in [0.25, 0.3) is 5.91 Å². The summed E-state index contributed by atoms with van der Waals surface area (Å²) in [6.07, 6.45) is 2.70. The van der Waals surface area contributed by atoms with Gasteiger partial charge in [-0.3, -0.25) is 9.59 Å². The summed E-state index contributed by atoms with van der Waals surface area (Å²) in [5.74, 6) is 0.114. The van der Waals surface area contributed by atoms with Crippen LogP contribution in [0.25, 0.3) is 0 Å². The van der Waals surface area contributed by atoms with Gasteiger partial charge in [-0.25, -0.2) is 0 Å². The fraction of sp³-hybridized carbons (Fsp3) is 0.556. The Bertz CT molecular complexity index is 530. The molecular formula is C18H25NO4. The summed E-state index contributed by atoms with van der Waals surface area (Å²) < 4.78 is 5.60. The third-order valence-corrected chi connectivity index (χ3v) is 4.11. The molecule has 126 valence electrons. The number of hydrogen-bond donors (Lipinski definition) is 2. The molecule has 0 bridgehead atoms. The van der Waals surface area contributed by atoms with Crippen LogP contribution in [0.5, 0.6) is 5.75 Å². The molecule has 0 radical (unpaired) electrons. The zero-order valence-corrected chi connectivity index (χ0v) is 13.7. The summed E-state index contributed by atoms with van der Waals surface area (Å²) in [6.45, 7) is 4.82. The van der Waals surface area contributed by atoms with Crippen LogP contribution in [0.4, 0.5) is 0 Å². The van der Waals surface area contributed by atoms with Crippen LogP contribution in [0.2, 0.25) is 0 Å². The van der Waals surface area contributed by atoms with E-state index in [4.69, 9.17) is 9.84 Å². The van der Waals surface area contributed by atoms with Crippen molar-refractivity contribution in [3.63, 3.8) is 0 Å². The molecule has 0 spiro atoms. The van der Waals surface area contributed by atoms with Gasteiger partial charge in [0.2, 0.25) is 0 Å². The lowest BCUT2D eigenvalue weighted by molar-refractivity contribution is -0.142. The van der Waals surface area contributed by atoms with Crippen molar-refractivity contribution in [1.82, 2.24) is 5.32 Å². The summed E-state index contributed by atoms with van der Waals surface area (Å²) in [5.41, 5.74) is 0.599. The molecule has 2 rings (SSSR count). The smallest absolute Gasteiger partial charge is 0.306 e. The van der Waals surface area contributed by atoms with Gasteiger partial charge in [-0.2, -0.15) is 0 Å². The largest absolute Gasteiger partial charge is 0.493 e. The summed E-state index contributed by atoms with van der Waals surface area (Å²) in [7, 11) is 0. The Hall–Kier alpha value is -2.04. The molecule has 1 aliphatic carbocycles. The third kappa shape index (κ3) is 5.27. The molecule has 0 heterocycles. The Morgan fingerprint density at radius 2 is 1.78 bits per heavy atom. The normalized spacial score (nSPS) is 21.0. The second-order valence-corrected chi connectivity index (χ2v) is 6.59. The molecular weight excluding hydrogens is 294 g/mol. The second kappa shape index (κ2) is 7.99. The molecule has 5 nitrogen and oxygen atoms in total. The average molecular weight is 319 g/mol. The molecule has 1 amide bonds. The monoisotopic (exact) mass is 319 g/mol. The summed E-state index contributed by atoms with van der Waals surface area (Å²) in [6, 6.07) is 7.19. The van der Waals surface area contributed by atoms with Crippen LogP contribution in [0.3, 0.4) is 0 Å². The van der Waals surface area contributed by atoms with Gasteiger partial charge in [-0.05, 0) is 55.9 Å². The van der Waals surface area contributed by atoms with Crippen LogP contribution in [0.1, 0.15) is 49.9 Å². The Balaban J connectivity index is 1.83. The van der Waals surface area contributed by atoms with Crippen LogP contribution in [-0.4, -0.2) is 29.6 Å². The van der Waals surface area contributed by atoms with E-state index in [9.17, 15) is 9.59 Å². The molecule has 23 heavy (non-hydrogen) atoms. The van der Waals surface area contributed by atoms with E-state index < -0.39 is 5.97 Å². The molecule has 1 aromatic rings. The van der Waals surface area contributed by atoms with Gasteiger partial charge in [-0.15, -0.1) is 0 Å². The van der Waals surface area contributed by atoms with Crippen LogP contribution in [0.15, 0.2) is 24.3 Å². The molecule has 0 saturated heterocycles. The number of carboxylic acids is 1. The number of nitrogens with one attached hydrogen (secondary N) is 1. The van der Waals surface area contributed by atoms with E-state index in [1.54, 1.807) is 24.3 Å². The number of aliphatic carboxylic acids is 1. The predicted molar refractivity (Wildman–Crippen MR) is 87.6 cm³/mol. The maximum atomic E-state index is 12.2. The van der Waals surface area contributed by atoms with E-state index in [-0.39, 0.29) is 17.9 Å². The minimum atomic E-state index is -0.730. The number of carboxylic acid groups (broad SMARTS) is 1. The molecule has 5 heteroatoms. The van der Waals surface area contributed by atoms with Crippen molar-refractivity contribution in [2.45, 2.75) is 45.6 Å². The molecule has 0 aromatic heterocycles. The van der Waals surface area contributed by atoms with Gasteiger partial charge in [0, 0.05) is 11.6 Å². The number of hydrogen-bond acceptors (Lipinski definition) is 3. The minimum absolute atomic E-state index is 0.0648. The van der Waals surface area contributed by atoms with Crippen LogP contribution in [-0.2, 0) is 4.79 Å². The fourth-order valence-corrected chi connectivity index (χ4v) is 2.72. The number of amides is 1. The lowest BCUT2D eigenvalue weighted by atomic mass is 9.86. The van der Waals surface area contributed by atoms with Crippen LogP contribution in [0, 0.1) is 11.8 Å². The Morgan fingerprint density at radius 3 is 2.30 bits per heavy atom. The highest BCUT2D eigenvalue weighted by Crippen LogP contribution is 2.24. The van der Waals surface area contributed by atoms with E-state index in [0.29, 0.717) is 30.9 Å². The highest BCUT2D eigenvalue weighted by Gasteiger charge is 2.26. The lowest BCUT2D eigenvalue weighted by Gasteiger charge is -2.26. The van der Waals surface area contributed by atoms with Crippen LogP contribution >= 0.6 is 0 Å². The first-order valence-corrected chi connectivity index (χ1v) is 8.22. The Morgan fingerprint density at radius 1 is 1.17 bits per heavy atom. The number of carbonyl (C=O) groups excluding carboxylic acids is 1. The third-order valence-electron chi connectivity index (χ3n) is 4.11. The van der Waals surface area contributed by atoms with Gasteiger partial charge in [0.1, 0.15) is 5.75 Å². The Labute approximate surface area is 137 Å². The minimum Gasteiger partial charge on any atom is -0.493 e. The number of rotatable bonds is 6. The van der Waals surface area contributed by atoms with Gasteiger partial charge in [-0.1, -0.05) is 13.8 Å². The highest BCUT2D eigenvalue weighted by molar-refractivity contribution is 5.94. The highest BCUT2D eigenvalue weighted by atomic mass is 16.5. The molecule has 1 aliphatic rings. The lowest BCUT2D eigenvalue weighted by Crippen LogP contribution is -2.38. The van der Waals surface area contributed by atoms with Crippen LogP contribution < -0.4 is 10.1 Å². The number of benzene rings is 1. The van der Waals surface area contributed by atoms with Crippen molar-refractivity contribution in [2.24, 2.45) is 11.8 Å². The zero-order valence-electron chi connectivity index (χ0n) is 13.7. The first-order chi connectivity index (χ1) is 11.0. The topological polar surface area (TPSA) is 75.6 Å². The first kappa shape index (κ1) is 17.3. The van der Waals surface area contributed by atoms with Gasteiger partial charge in [0.05, 0.1) is 12.5 Å². The van der Waals surface area contributed by atoms with Crippen molar-refractivity contribution in [2.75, 3.05) is 6.61 Å². The number of ether oxygens (including phenoxy) is 1. The van der Waals surface area contributed by atoms with Gasteiger partial charge < -0.3 is 15.2 Å². The molecule has 0 aliphatic heterocycles. The second-order valence-electron chi connectivity index (χ2n) is 6.59. The molecule has 2 N–H and O–H groups in total. The first-order valence-electron chi connectivity index (χ1n) is 8.22. The van der Waals surface area contributed by atoms with Gasteiger partial charge >= 0.3 is 5.97 Å². The predicted octanol–water partition coefficient (Wildman–Crippen LogP) is 3.09. The molecule has 1 saturated carbocycles. The summed E-state index contributed by atoms with van der Waals surface area (Å²) in [4.78, 5) is 23.2. The van der Waals surface area contributed by atoms with E-state index in [2.05, 4.69) is 19.2 Å². The van der Waals surface area contributed by atoms with Crippen molar-refractivity contribution < 1.29 is 19.4 Å². The maximum Gasteiger partial charge on any atom is 0.306 e. The SMILES string of the molecule is CC(C)COc1ccc(C(=O)NC2CCC(C(=O)O)CC2)cc1. The zero-order chi connectivity index (χ0) is 16.8. The summed E-state index contributed by atoms with van der Waals surface area (Å²) in [5, 5.41) is 12.0. The van der Waals surface area contributed by atoms with Crippen molar-refractivity contribution >= 4 is 11.9 Å². The summed E-state index contributed by atoms with van der Waals surface area (Å²) >= 11 is 0. The quantitative estimate of drug-likeness (QED) is 0.845. The molecule has 0 atom stereocenters. The van der Waals surface area contributed by atoms with E-state index in [0.717, 1.165) is 18.6 Å². The van der Waals surface area contributed by atoms with Crippen molar-refractivity contribution in [1.29, 1.82) is 0 Å². The molecule has 1 fully saturated rings. The average Bonchev–Trinajstić information content (AvgIpc) is 2.54. The fourth-order valence-electron chi connectivity index (χ4n) is 2.72. The van der Waals surface area contributed by atoms with E-state index in [1.165, 1.54) is 0 Å². The van der Waals surface area contributed by atoms with Crippen molar-refractivity contribution in [3.05, 3.63) is 29.8 Å². The molecule has 0 unspecified atom stereocenters.